The number of benzene rings is 1. The number of rotatable bonds is 7. The van der Waals surface area contributed by atoms with E-state index in [2.05, 4.69) is 30.9 Å². The maximum atomic E-state index is 12.7. The fourth-order valence-electron chi connectivity index (χ4n) is 4.29. The maximum absolute atomic E-state index is 12.7. The third kappa shape index (κ3) is 5.07. The average molecular weight is 559 g/mol. The first-order valence-corrected chi connectivity index (χ1v) is 13.4. The zero-order valence-electron chi connectivity index (χ0n) is 20.6. The van der Waals surface area contributed by atoms with Gasteiger partial charge in [0.2, 0.25) is 10.0 Å². The van der Waals surface area contributed by atoms with Crippen LogP contribution in [0.4, 0.5) is 16.3 Å². The highest BCUT2D eigenvalue weighted by molar-refractivity contribution is 7.89. The normalized spacial score (nSPS) is 23.3. The highest BCUT2D eigenvalue weighted by atomic mass is 32.2. The van der Waals surface area contributed by atoms with E-state index >= 15 is 0 Å². The monoisotopic (exact) mass is 558 g/mol. The minimum atomic E-state index is -3.63. The number of hydrogen-bond donors (Lipinski definition) is 5. The molecule has 16 heteroatoms. The molecule has 2 aliphatic heterocycles. The van der Waals surface area contributed by atoms with Crippen LogP contribution in [0.2, 0.25) is 0 Å². The van der Waals surface area contributed by atoms with Gasteiger partial charge in [-0.3, -0.25) is 14.7 Å². The number of carbonyl (C=O) groups is 2. The molecular formula is C23H26N8O7S. The summed E-state index contributed by atoms with van der Waals surface area (Å²) < 4.78 is 33.6. The smallest absolute Gasteiger partial charge is 0.324 e. The van der Waals surface area contributed by atoms with Gasteiger partial charge in [-0.25, -0.2) is 28.2 Å². The van der Waals surface area contributed by atoms with Gasteiger partial charge >= 0.3 is 6.03 Å². The summed E-state index contributed by atoms with van der Waals surface area (Å²) in [5, 5.41) is 28.5. The fraction of sp³-hybridized carbons (Fsp3) is 0.348. The molecule has 3 amide bonds. The van der Waals surface area contributed by atoms with Crippen LogP contribution in [-0.2, 0) is 19.6 Å². The number of fused-ring (bicyclic) bond motifs is 1. The van der Waals surface area contributed by atoms with Gasteiger partial charge in [-0.1, -0.05) is 12.2 Å². The van der Waals surface area contributed by atoms with Crippen molar-refractivity contribution in [2.45, 2.75) is 36.4 Å². The van der Waals surface area contributed by atoms with Crippen LogP contribution in [0.15, 0.2) is 54.0 Å². The van der Waals surface area contributed by atoms with E-state index in [1.54, 1.807) is 19.1 Å². The fourth-order valence-corrected chi connectivity index (χ4v) is 5.64. The largest absolute Gasteiger partial charge is 0.387 e. The molecule has 2 aliphatic rings. The molecule has 1 aromatic carbocycles. The number of sulfonamides is 1. The molecule has 0 saturated carbocycles. The van der Waals surface area contributed by atoms with Crippen molar-refractivity contribution >= 4 is 44.6 Å². The number of anilines is 2. The second-order valence-corrected chi connectivity index (χ2v) is 10.7. The molecule has 0 radical (unpaired) electrons. The van der Waals surface area contributed by atoms with Gasteiger partial charge in [0.1, 0.15) is 18.5 Å². The van der Waals surface area contributed by atoms with Crippen LogP contribution in [0.3, 0.4) is 0 Å². The van der Waals surface area contributed by atoms with Crippen LogP contribution in [-0.4, -0.2) is 92.3 Å². The molecule has 4 heterocycles. The van der Waals surface area contributed by atoms with Crippen molar-refractivity contribution < 1.29 is 33.0 Å². The van der Waals surface area contributed by atoms with Gasteiger partial charge in [0.05, 0.1) is 11.2 Å². The Hall–Kier alpha value is -3.96. The number of likely N-dealkylation sites (N-methyl/N-ethyl adjacent to an activating group) is 1. The highest BCUT2D eigenvalue weighted by Crippen LogP contribution is 2.32. The van der Waals surface area contributed by atoms with Crippen LogP contribution in [0, 0.1) is 0 Å². The van der Waals surface area contributed by atoms with Crippen LogP contribution < -0.4 is 16.0 Å². The first kappa shape index (κ1) is 26.6. The van der Waals surface area contributed by atoms with Crippen molar-refractivity contribution in [3.8, 4) is 0 Å². The van der Waals surface area contributed by atoms with Crippen molar-refractivity contribution in [3.63, 3.8) is 0 Å². The quantitative estimate of drug-likeness (QED) is 0.242. The molecule has 0 aliphatic carbocycles. The van der Waals surface area contributed by atoms with Gasteiger partial charge in [0.25, 0.3) is 5.91 Å². The van der Waals surface area contributed by atoms with E-state index in [0.717, 1.165) is 0 Å². The number of ether oxygens (including phenoxy) is 1. The Bertz CT molecular complexity index is 1520. The number of aromatic nitrogens is 4. The molecule has 4 atom stereocenters. The first-order chi connectivity index (χ1) is 18.7. The first-order valence-electron chi connectivity index (χ1n) is 12.0. The molecule has 15 nitrogen and oxygen atoms in total. The van der Waals surface area contributed by atoms with Gasteiger partial charge < -0.3 is 25.6 Å². The Morgan fingerprint density at radius 3 is 2.46 bits per heavy atom. The Morgan fingerprint density at radius 2 is 1.77 bits per heavy atom. The molecule has 0 bridgehead atoms. The van der Waals surface area contributed by atoms with E-state index in [0.29, 0.717) is 25.3 Å². The number of aliphatic hydroxyl groups excluding tert-OH is 2. The number of aliphatic hydroxyl groups is 2. The predicted molar refractivity (Wildman–Crippen MR) is 137 cm³/mol. The summed E-state index contributed by atoms with van der Waals surface area (Å²) in [6.07, 6.45) is 0.636. The van der Waals surface area contributed by atoms with Gasteiger partial charge in [0, 0.05) is 25.3 Å². The van der Waals surface area contributed by atoms with E-state index in [1.807, 2.05) is 0 Å². The summed E-state index contributed by atoms with van der Waals surface area (Å²) in [5.74, 6) is -0.520. The summed E-state index contributed by atoms with van der Waals surface area (Å²) in [7, 11) is -3.63. The standard InChI is InChI=1S/C23H26N8O7S/c1-2-24-21(34)18-16(32)17(33)22(38-18)31-12-27-15-19(25-11-26-20(15)31)29-23(35)28-13-5-7-14(8-6-13)39(36,37)30-9-3-4-10-30/h3-8,11-12,16-18,22,32-33H,2,9-10H2,1H3,(H,24,34)(H2,25,26,28,29,35)/t16?,17?,18-,22+/m0/s1. The third-order valence-electron chi connectivity index (χ3n) is 6.25. The number of nitrogens with one attached hydrogen (secondary N) is 3. The van der Waals surface area contributed by atoms with Crippen LogP contribution >= 0.6 is 0 Å². The Labute approximate surface area is 222 Å². The van der Waals surface area contributed by atoms with E-state index in [-0.39, 0.29) is 21.9 Å². The van der Waals surface area contributed by atoms with Crippen LogP contribution in [0.1, 0.15) is 13.2 Å². The molecular weight excluding hydrogens is 532 g/mol. The molecule has 1 fully saturated rings. The molecule has 0 spiro atoms. The minimum absolute atomic E-state index is 0.0466. The van der Waals surface area contributed by atoms with Gasteiger partial charge in [-0.2, -0.15) is 4.31 Å². The summed E-state index contributed by atoms with van der Waals surface area (Å²) in [4.78, 5) is 37.4. The second-order valence-electron chi connectivity index (χ2n) is 8.77. The molecule has 5 rings (SSSR count). The minimum Gasteiger partial charge on any atom is -0.387 e. The lowest BCUT2D eigenvalue weighted by atomic mass is 10.1. The van der Waals surface area contributed by atoms with E-state index in [1.165, 1.54) is 45.8 Å². The number of nitrogens with zero attached hydrogens (tertiary/aromatic N) is 5. The molecule has 5 N–H and O–H groups in total. The van der Waals surface area contributed by atoms with E-state index in [9.17, 15) is 28.2 Å². The van der Waals surface area contributed by atoms with Crippen molar-refractivity contribution in [3.05, 3.63) is 49.1 Å². The molecule has 39 heavy (non-hydrogen) atoms. The summed E-state index contributed by atoms with van der Waals surface area (Å²) in [6.45, 7) is 2.67. The lowest BCUT2D eigenvalue weighted by Crippen LogP contribution is -2.42. The second kappa shape index (κ2) is 10.7. The average Bonchev–Trinajstić information content (AvgIpc) is 3.66. The zero-order chi connectivity index (χ0) is 27.7. The summed E-state index contributed by atoms with van der Waals surface area (Å²) in [5.41, 5.74) is 0.689. The summed E-state index contributed by atoms with van der Waals surface area (Å²) >= 11 is 0. The Balaban J connectivity index is 1.29. The van der Waals surface area contributed by atoms with Gasteiger partial charge in [0.15, 0.2) is 29.3 Å². The van der Waals surface area contributed by atoms with Crippen molar-refractivity contribution in [1.82, 2.24) is 29.1 Å². The van der Waals surface area contributed by atoms with Gasteiger partial charge in [-0.05, 0) is 31.2 Å². The predicted octanol–water partition coefficient (Wildman–Crippen LogP) is -0.214. The topological polar surface area (TPSA) is 201 Å². The number of amides is 3. The lowest BCUT2D eigenvalue weighted by molar-refractivity contribution is -0.137. The van der Waals surface area contributed by atoms with Crippen LogP contribution in [0.25, 0.3) is 11.2 Å². The number of hydrogen-bond acceptors (Lipinski definition) is 10. The van der Waals surface area contributed by atoms with E-state index < -0.39 is 46.5 Å². The molecule has 2 aromatic heterocycles. The van der Waals surface area contributed by atoms with Crippen LogP contribution in [0.5, 0.6) is 0 Å². The SMILES string of the molecule is CCNC(=O)[C@H]1O[C@@H](n2cnc3c(NC(=O)Nc4ccc(S(=O)(=O)N5CC=CC5)cc4)ncnc32)C(O)C1O. The van der Waals surface area contributed by atoms with Gasteiger partial charge in [-0.15, -0.1) is 0 Å². The molecule has 3 aromatic rings. The maximum Gasteiger partial charge on any atom is 0.324 e. The van der Waals surface area contributed by atoms with Crippen molar-refractivity contribution in [2.24, 2.45) is 0 Å². The van der Waals surface area contributed by atoms with Crippen molar-refractivity contribution in [2.75, 3.05) is 30.3 Å². The molecule has 1 saturated heterocycles. The third-order valence-corrected chi connectivity index (χ3v) is 8.09. The lowest BCUT2D eigenvalue weighted by Gasteiger charge is -2.16. The number of imidazole rings is 1. The molecule has 206 valence electrons. The number of urea groups is 1. The number of carbonyl (C=O) groups excluding carboxylic acids is 2. The Kier molecular flexibility index (Phi) is 7.28. The molecule has 2 unspecified atom stereocenters. The van der Waals surface area contributed by atoms with Crippen molar-refractivity contribution in [1.29, 1.82) is 0 Å². The zero-order valence-corrected chi connectivity index (χ0v) is 21.4. The van der Waals surface area contributed by atoms with E-state index in [4.69, 9.17) is 4.74 Å². The highest BCUT2D eigenvalue weighted by Gasteiger charge is 2.47. The summed E-state index contributed by atoms with van der Waals surface area (Å²) in [6, 6.07) is 5.07. The Morgan fingerprint density at radius 1 is 1.05 bits per heavy atom.